The van der Waals surface area contributed by atoms with Crippen molar-refractivity contribution in [3.8, 4) is 0 Å². The van der Waals surface area contributed by atoms with E-state index < -0.39 is 30.1 Å². The number of ether oxygens (including phenoxy) is 1. The number of carbonyl (C=O) groups is 1. The van der Waals surface area contributed by atoms with Gasteiger partial charge >= 0.3 is 18.4 Å². The molecule has 1 N–H and O–H groups in total. The third-order valence-electron chi connectivity index (χ3n) is 6.07. The lowest BCUT2D eigenvalue weighted by molar-refractivity contribution is -0.308. The molecule has 1 amide bonds. The lowest BCUT2D eigenvalue weighted by atomic mass is 9.89. The molecule has 0 aliphatic carbocycles. The molecular formula is C21H26ClF6N3O2. The van der Waals surface area contributed by atoms with Crippen molar-refractivity contribution < 1.29 is 35.9 Å². The fraction of sp³-hybridized carbons (Fsp3) is 0.667. The Morgan fingerprint density at radius 1 is 1.06 bits per heavy atom. The molecule has 0 bridgehead atoms. The fourth-order valence-electron chi connectivity index (χ4n) is 4.06. The molecule has 0 unspecified atom stereocenters. The van der Waals surface area contributed by atoms with Crippen LogP contribution in [0.4, 0.5) is 36.8 Å². The van der Waals surface area contributed by atoms with Crippen LogP contribution in [0.15, 0.2) is 18.2 Å². The lowest BCUT2D eigenvalue weighted by Gasteiger charge is -2.40. The van der Waals surface area contributed by atoms with Crippen LogP contribution >= 0.6 is 11.6 Å². The second kappa shape index (κ2) is 9.77. The molecule has 186 valence electrons. The molecule has 0 aromatic heterocycles. The summed E-state index contributed by atoms with van der Waals surface area (Å²) in [6.45, 7) is 4.27. The van der Waals surface area contributed by atoms with Gasteiger partial charge in [0.05, 0.1) is 0 Å². The standard InChI is InChI=1S/C21H26ClF6N3O2/c1-19(29-13-14-10-15(22)12-16(11-14)30-6-2-3-7-30)4-8-31(9-5-19)18(32)33-17(20(23,24)25)21(26,27)28/h10-12,17,29H,2-9,13H2,1H3. The molecule has 2 aliphatic heterocycles. The molecule has 1 aromatic carbocycles. The Labute approximate surface area is 193 Å². The van der Waals surface area contributed by atoms with E-state index in [-0.39, 0.29) is 13.1 Å². The van der Waals surface area contributed by atoms with Crippen molar-refractivity contribution in [3.05, 3.63) is 28.8 Å². The number of likely N-dealkylation sites (tertiary alicyclic amines) is 1. The van der Waals surface area contributed by atoms with Crippen LogP contribution in [0.25, 0.3) is 0 Å². The van der Waals surface area contributed by atoms with Crippen LogP contribution in [0.5, 0.6) is 0 Å². The van der Waals surface area contributed by atoms with E-state index in [0.29, 0.717) is 24.4 Å². The number of alkyl halides is 6. The molecule has 2 heterocycles. The van der Waals surface area contributed by atoms with E-state index in [1.807, 2.05) is 19.1 Å². The molecule has 0 spiro atoms. The Morgan fingerprint density at radius 3 is 2.18 bits per heavy atom. The SMILES string of the molecule is CC1(NCc2cc(Cl)cc(N3CCCC3)c2)CCN(C(=O)OC(C(F)(F)F)C(F)(F)F)CC1. The van der Waals surface area contributed by atoms with Gasteiger partial charge in [-0.1, -0.05) is 11.6 Å². The van der Waals surface area contributed by atoms with Crippen LogP contribution in [0.2, 0.25) is 5.02 Å². The summed E-state index contributed by atoms with van der Waals surface area (Å²) in [5.74, 6) is 0. The van der Waals surface area contributed by atoms with Gasteiger partial charge < -0.3 is 19.9 Å². The Morgan fingerprint density at radius 2 is 1.64 bits per heavy atom. The van der Waals surface area contributed by atoms with E-state index in [1.165, 1.54) is 0 Å². The second-order valence-corrected chi connectivity index (χ2v) is 9.20. The minimum atomic E-state index is -5.73. The summed E-state index contributed by atoms with van der Waals surface area (Å²) in [5.41, 5.74) is 1.55. The Hall–Kier alpha value is -1.88. The van der Waals surface area contributed by atoms with Gasteiger partial charge in [-0.15, -0.1) is 0 Å². The van der Waals surface area contributed by atoms with Crippen molar-refractivity contribution in [2.45, 2.75) is 63.1 Å². The maximum absolute atomic E-state index is 12.6. The van der Waals surface area contributed by atoms with Crippen LogP contribution in [0, 0.1) is 0 Å². The lowest BCUT2D eigenvalue weighted by Crippen LogP contribution is -2.54. The number of rotatable bonds is 5. The number of halogens is 7. The molecule has 0 radical (unpaired) electrons. The first-order valence-corrected chi connectivity index (χ1v) is 11.0. The molecule has 1 aromatic rings. The van der Waals surface area contributed by atoms with Crippen molar-refractivity contribution in [2.75, 3.05) is 31.1 Å². The van der Waals surface area contributed by atoms with Gasteiger partial charge in [-0.05, 0) is 56.4 Å². The van der Waals surface area contributed by atoms with Gasteiger partial charge in [-0.2, -0.15) is 26.3 Å². The number of amides is 1. The van der Waals surface area contributed by atoms with Crippen LogP contribution in [0.1, 0.15) is 38.2 Å². The number of piperidine rings is 1. The number of hydrogen-bond acceptors (Lipinski definition) is 4. The summed E-state index contributed by atoms with van der Waals surface area (Å²) in [7, 11) is 0. The number of nitrogens with one attached hydrogen (secondary N) is 1. The van der Waals surface area contributed by atoms with Crippen molar-refractivity contribution in [2.24, 2.45) is 0 Å². The maximum Gasteiger partial charge on any atom is 0.434 e. The van der Waals surface area contributed by atoms with E-state index in [4.69, 9.17) is 11.6 Å². The van der Waals surface area contributed by atoms with E-state index in [1.54, 1.807) is 0 Å². The summed E-state index contributed by atoms with van der Waals surface area (Å²) < 4.78 is 79.7. The van der Waals surface area contributed by atoms with Gasteiger partial charge in [-0.3, -0.25) is 0 Å². The Kier molecular flexibility index (Phi) is 7.62. The highest BCUT2D eigenvalue weighted by atomic mass is 35.5. The quantitative estimate of drug-likeness (QED) is 0.540. The zero-order chi connectivity index (χ0) is 24.4. The van der Waals surface area contributed by atoms with Gasteiger partial charge in [0, 0.05) is 49.0 Å². The number of anilines is 1. The highest BCUT2D eigenvalue weighted by molar-refractivity contribution is 6.30. The monoisotopic (exact) mass is 501 g/mol. The van der Waals surface area contributed by atoms with Crippen LogP contribution in [0.3, 0.4) is 0 Å². The smallest absolute Gasteiger partial charge is 0.426 e. The van der Waals surface area contributed by atoms with Crippen molar-refractivity contribution in [3.63, 3.8) is 0 Å². The van der Waals surface area contributed by atoms with Crippen LogP contribution in [-0.4, -0.2) is 61.2 Å². The molecule has 2 aliphatic rings. The van der Waals surface area contributed by atoms with E-state index >= 15 is 0 Å². The normalized spacial score (nSPS) is 19.3. The number of benzene rings is 1. The summed E-state index contributed by atoms with van der Waals surface area (Å²) >= 11 is 6.27. The molecule has 0 saturated carbocycles. The zero-order valence-corrected chi connectivity index (χ0v) is 18.8. The number of nitrogens with zero attached hydrogens (tertiary/aromatic N) is 2. The summed E-state index contributed by atoms with van der Waals surface area (Å²) in [6, 6.07) is 5.81. The maximum atomic E-state index is 12.6. The largest absolute Gasteiger partial charge is 0.434 e. The molecule has 5 nitrogen and oxygen atoms in total. The fourth-order valence-corrected chi connectivity index (χ4v) is 4.31. The second-order valence-electron chi connectivity index (χ2n) is 8.76. The van der Waals surface area contributed by atoms with Crippen molar-refractivity contribution in [1.29, 1.82) is 0 Å². The first kappa shape index (κ1) is 25.7. The van der Waals surface area contributed by atoms with Crippen molar-refractivity contribution >= 4 is 23.4 Å². The molecule has 12 heteroatoms. The Bertz CT molecular complexity index is 820. The van der Waals surface area contributed by atoms with Gasteiger partial charge in [0.1, 0.15) is 0 Å². The Balaban J connectivity index is 1.55. The minimum Gasteiger partial charge on any atom is -0.426 e. The summed E-state index contributed by atoms with van der Waals surface area (Å²) in [5, 5.41) is 4.01. The first-order chi connectivity index (χ1) is 15.3. The summed E-state index contributed by atoms with van der Waals surface area (Å²) in [4.78, 5) is 15.1. The van der Waals surface area contributed by atoms with E-state index in [2.05, 4.69) is 21.0 Å². The van der Waals surface area contributed by atoms with Gasteiger partial charge in [0.15, 0.2) is 0 Å². The first-order valence-electron chi connectivity index (χ1n) is 10.7. The van der Waals surface area contributed by atoms with E-state index in [0.717, 1.165) is 42.1 Å². The highest BCUT2D eigenvalue weighted by Crippen LogP contribution is 2.36. The predicted octanol–water partition coefficient (Wildman–Crippen LogP) is 5.51. The van der Waals surface area contributed by atoms with Crippen molar-refractivity contribution in [1.82, 2.24) is 10.2 Å². The molecule has 2 saturated heterocycles. The zero-order valence-electron chi connectivity index (χ0n) is 18.0. The highest BCUT2D eigenvalue weighted by Gasteiger charge is 2.60. The average Bonchev–Trinajstić information content (AvgIpc) is 3.24. The third-order valence-corrected chi connectivity index (χ3v) is 6.29. The van der Waals surface area contributed by atoms with Gasteiger partial charge in [0.2, 0.25) is 0 Å². The summed E-state index contributed by atoms with van der Waals surface area (Å²) in [6.07, 6.45) is -14.3. The third kappa shape index (κ3) is 6.81. The van der Waals surface area contributed by atoms with Crippen LogP contribution in [-0.2, 0) is 11.3 Å². The molecule has 33 heavy (non-hydrogen) atoms. The van der Waals surface area contributed by atoms with E-state index in [9.17, 15) is 31.1 Å². The van der Waals surface area contributed by atoms with Crippen LogP contribution < -0.4 is 10.2 Å². The van der Waals surface area contributed by atoms with Gasteiger partial charge in [-0.25, -0.2) is 4.79 Å². The molecule has 2 fully saturated rings. The minimum absolute atomic E-state index is 0.0284. The molecule has 3 rings (SSSR count). The van der Waals surface area contributed by atoms with Gasteiger partial charge in [0.25, 0.3) is 6.10 Å². The number of hydrogen-bond donors (Lipinski definition) is 1. The predicted molar refractivity (Wildman–Crippen MR) is 111 cm³/mol. The number of carbonyl (C=O) groups excluding carboxylic acids is 1. The molecule has 0 atom stereocenters. The topological polar surface area (TPSA) is 44.8 Å². The molecular weight excluding hydrogens is 476 g/mol. The average molecular weight is 502 g/mol.